The van der Waals surface area contributed by atoms with Crippen LogP contribution in [0, 0.1) is 0 Å². The van der Waals surface area contributed by atoms with Crippen LogP contribution in [0.2, 0.25) is 0 Å². The van der Waals surface area contributed by atoms with E-state index in [-0.39, 0.29) is 11.1 Å². The molecule has 0 saturated carbocycles. The van der Waals surface area contributed by atoms with Crippen molar-refractivity contribution in [2.24, 2.45) is 7.05 Å². The van der Waals surface area contributed by atoms with E-state index < -0.39 is 15.1 Å². The van der Waals surface area contributed by atoms with Gasteiger partial charge in [0.05, 0.1) is 5.25 Å². The maximum atomic E-state index is 12.6. The summed E-state index contributed by atoms with van der Waals surface area (Å²) in [6.07, 6.45) is 3.70. The average Bonchev–Trinajstić information content (AvgIpc) is 3.02. The SMILES string of the molecule is Cn1cnnc1S(=O)(=O)C1CCN(C(=O)c2ccccn2)CC1. The molecule has 9 heteroatoms. The molecule has 1 saturated heterocycles. The quantitative estimate of drug-likeness (QED) is 0.799. The lowest BCUT2D eigenvalue weighted by atomic mass is 10.1. The molecule has 3 heterocycles. The highest BCUT2D eigenvalue weighted by Crippen LogP contribution is 2.23. The first kappa shape index (κ1) is 15.6. The first-order valence-electron chi connectivity index (χ1n) is 7.28. The first-order chi connectivity index (χ1) is 11.0. The molecule has 0 spiro atoms. The van der Waals surface area contributed by atoms with Gasteiger partial charge in [0.15, 0.2) is 0 Å². The molecule has 2 aromatic heterocycles. The largest absolute Gasteiger partial charge is 0.337 e. The minimum Gasteiger partial charge on any atom is -0.337 e. The van der Waals surface area contributed by atoms with Gasteiger partial charge in [-0.1, -0.05) is 6.07 Å². The third-order valence-electron chi connectivity index (χ3n) is 3.98. The first-order valence-corrected chi connectivity index (χ1v) is 8.83. The van der Waals surface area contributed by atoms with Gasteiger partial charge in [-0.3, -0.25) is 9.78 Å². The Kier molecular flexibility index (Phi) is 4.12. The van der Waals surface area contributed by atoms with Gasteiger partial charge in [0.25, 0.3) is 5.91 Å². The van der Waals surface area contributed by atoms with Crippen molar-refractivity contribution >= 4 is 15.7 Å². The van der Waals surface area contributed by atoms with Crippen LogP contribution in [-0.2, 0) is 16.9 Å². The van der Waals surface area contributed by atoms with Crippen LogP contribution in [0.1, 0.15) is 23.3 Å². The number of hydrogen-bond acceptors (Lipinski definition) is 6. The third kappa shape index (κ3) is 2.96. The fourth-order valence-electron chi connectivity index (χ4n) is 2.70. The number of rotatable bonds is 3. The number of piperidine rings is 1. The van der Waals surface area contributed by atoms with Crippen LogP contribution in [0.3, 0.4) is 0 Å². The summed E-state index contributed by atoms with van der Waals surface area (Å²) >= 11 is 0. The van der Waals surface area contributed by atoms with Gasteiger partial charge < -0.3 is 9.47 Å². The van der Waals surface area contributed by atoms with Crippen molar-refractivity contribution < 1.29 is 13.2 Å². The molecule has 122 valence electrons. The van der Waals surface area contributed by atoms with E-state index >= 15 is 0 Å². The maximum Gasteiger partial charge on any atom is 0.272 e. The van der Waals surface area contributed by atoms with Crippen molar-refractivity contribution in [1.29, 1.82) is 0 Å². The van der Waals surface area contributed by atoms with Crippen molar-refractivity contribution in [2.75, 3.05) is 13.1 Å². The van der Waals surface area contributed by atoms with Gasteiger partial charge in [-0.15, -0.1) is 10.2 Å². The van der Waals surface area contributed by atoms with Gasteiger partial charge in [0.2, 0.25) is 15.0 Å². The van der Waals surface area contributed by atoms with E-state index in [1.807, 2.05) is 0 Å². The van der Waals surface area contributed by atoms with Gasteiger partial charge in [0, 0.05) is 26.3 Å². The number of aryl methyl sites for hydroxylation is 1. The molecule has 0 N–H and O–H groups in total. The maximum absolute atomic E-state index is 12.6. The van der Waals surface area contributed by atoms with Gasteiger partial charge in [0.1, 0.15) is 12.0 Å². The molecule has 0 radical (unpaired) electrons. The van der Waals surface area contributed by atoms with Gasteiger partial charge >= 0.3 is 0 Å². The number of aromatic nitrogens is 4. The lowest BCUT2D eigenvalue weighted by Gasteiger charge is -2.31. The van der Waals surface area contributed by atoms with Crippen LogP contribution in [-0.4, -0.2) is 57.3 Å². The van der Waals surface area contributed by atoms with E-state index in [0.717, 1.165) is 0 Å². The van der Waals surface area contributed by atoms with Crippen LogP contribution in [0.25, 0.3) is 0 Å². The molecule has 0 aromatic carbocycles. The second-order valence-electron chi connectivity index (χ2n) is 5.48. The Morgan fingerprint density at radius 3 is 2.57 bits per heavy atom. The van der Waals surface area contributed by atoms with Crippen molar-refractivity contribution in [3.05, 3.63) is 36.4 Å². The second-order valence-corrected chi connectivity index (χ2v) is 7.60. The van der Waals surface area contributed by atoms with Crippen molar-refractivity contribution in [3.63, 3.8) is 0 Å². The molecule has 8 nitrogen and oxygen atoms in total. The zero-order valence-electron chi connectivity index (χ0n) is 12.7. The van der Waals surface area contributed by atoms with Crippen LogP contribution in [0.4, 0.5) is 0 Å². The smallest absolute Gasteiger partial charge is 0.272 e. The predicted octanol–water partition coefficient (Wildman–Crippen LogP) is 0.289. The van der Waals surface area contributed by atoms with Crippen LogP contribution >= 0.6 is 0 Å². The van der Waals surface area contributed by atoms with Crippen molar-refractivity contribution in [3.8, 4) is 0 Å². The molecule has 23 heavy (non-hydrogen) atoms. The average molecular weight is 335 g/mol. The Morgan fingerprint density at radius 2 is 2.00 bits per heavy atom. The van der Waals surface area contributed by atoms with Crippen LogP contribution < -0.4 is 0 Å². The molecule has 0 aliphatic carbocycles. The Morgan fingerprint density at radius 1 is 1.26 bits per heavy atom. The standard InChI is InChI=1S/C14H17N5O3S/c1-18-10-16-17-14(18)23(21,22)11-5-8-19(9-6-11)13(20)12-4-2-3-7-15-12/h2-4,7,10-11H,5-6,8-9H2,1H3. The summed E-state index contributed by atoms with van der Waals surface area (Å²) in [5.74, 6) is -0.167. The van der Waals surface area contributed by atoms with Crippen molar-refractivity contribution in [1.82, 2.24) is 24.6 Å². The molecule has 0 bridgehead atoms. The van der Waals surface area contributed by atoms with E-state index in [0.29, 0.717) is 31.6 Å². The molecule has 2 aromatic rings. The summed E-state index contributed by atoms with van der Waals surface area (Å²) in [6.45, 7) is 0.772. The monoisotopic (exact) mass is 335 g/mol. The zero-order valence-corrected chi connectivity index (χ0v) is 13.5. The topological polar surface area (TPSA) is 98.0 Å². The number of carbonyl (C=O) groups is 1. The third-order valence-corrected chi connectivity index (χ3v) is 6.20. The number of amides is 1. The highest BCUT2D eigenvalue weighted by molar-refractivity contribution is 7.91. The molecule has 0 unspecified atom stereocenters. The summed E-state index contributed by atoms with van der Waals surface area (Å²) in [5.41, 5.74) is 0.377. The lowest BCUT2D eigenvalue weighted by Crippen LogP contribution is -2.43. The summed E-state index contributed by atoms with van der Waals surface area (Å²) in [7, 11) is -1.92. The Balaban J connectivity index is 1.69. The number of likely N-dealkylation sites (tertiary alicyclic amines) is 1. The van der Waals surface area contributed by atoms with E-state index in [2.05, 4.69) is 15.2 Å². The minimum atomic E-state index is -3.53. The van der Waals surface area contributed by atoms with E-state index in [9.17, 15) is 13.2 Å². The van der Waals surface area contributed by atoms with Gasteiger partial charge in [-0.2, -0.15) is 0 Å². The zero-order chi connectivity index (χ0) is 16.4. The summed E-state index contributed by atoms with van der Waals surface area (Å²) < 4.78 is 26.6. The van der Waals surface area contributed by atoms with Gasteiger partial charge in [-0.25, -0.2) is 8.42 Å². The normalized spacial score (nSPS) is 16.5. The van der Waals surface area contributed by atoms with Crippen LogP contribution in [0.15, 0.2) is 35.9 Å². The highest BCUT2D eigenvalue weighted by atomic mass is 32.2. The summed E-state index contributed by atoms with van der Waals surface area (Å²) in [5, 5.41) is 6.76. The highest BCUT2D eigenvalue weighted by Gasteiger charge is 2.35. The molecule has 0 atom stereocenters. The molecule has 1 aliphatic heterocycles. The second kappa shape index (κ2) is 6.07. The molecule has 1 amide bonds. The predicted molar refractivity (Wildman–Crippen MR) is 81.4 cm³/mol. The number of nitrogens with zero attached hydrogens (tertiary/aromatic N) is 5. The minimum absolute atomic E-state index is 0.0213. The lowest BCUT2D eigenvalue weighted by molar-refractivity contribution is 0.0719. The number of hydrogen-bond donors (Lipinski definition) is 0. The molecular formula is C14H17N5O3S. The van der Waals surface area contributed by atoms with E-state index in [1.54, 1.807) is 36.3 Å². The molecule has 3 rings (SSSR count). The Hall–Kier alpha value is -2.29. The Labute approximate surface area is 134 Å². The number of sulfone groups is 1. The van der Waals surface area contributed by atoms with Crippen LogP contribution in [0.5, 0.6) is 0 Å². The Bertz CT molecular complexity index is 795. The number of pyridine rings is 1. The molecular weight excluding hydrogens is 318 g/mol. The van der Waals surface area contributed by atoms with Gasteiger partial charge in [-0.05, 0) is 25.0 Å². The molecule has 1 aliphatic rings. The fraction of sp³-hybridized carbons (Fsp3) is 0.429. The van der Waals surface area contributed by atoms with E-state index in [4.69, 9.17) is 0 Å². The van der Waals surface area contributed by atoms with Crippen molar-refractivity contribution in [2.45, 2.75) is 23.2 Å². The molecule has 1 fully saturated rings. The van der Waals surface area contributed by atoms with E-state index in [1.165, 1.54) is 10.9 Å². The fourth-order valence-corrected chi connectivity index (χ4v) is 4.44. The summed E-state index contributed by atoms with van der Waals surface area (Å²) in [6, 6.07) is 5.16. The summed E-state index contributed by atoms with van der Waals surface area (Å²) in [4.78, 5) is 18.0. The number of carbonyl (C=O) groups excluding carboxylic acids is 1.